The molecule has 0 spiro atoms. The van der Waals surface area contributed by atoms with Crippen molar-refractivity contribution in [2.24, 2.45) is 5.92 Å². The van der Waals surface area contributed by atoms with E-state index in [1.165, 1.54) is 0 Å². The first-order valence-electron chi connectivity index (χ1n) is 9.59. The van der Waals surface area contributed by atoms with Crippen molar-refractivity contribution in [1.82, 2.24) is 10.2 Å². The summed E-state index contributed by atoms with van der Waals surface area (Å²) in [6.07, 6.45) is 1.34. The maximum Gasteiger partial charge on any atom is 0.321 e. The van der Waals surface area contributed by atoms with Gasteiger partial charge in [0.1, 0.15) is 5.75 Å². The molecular formula is C22H27N3O3. The van der Waals surface area contributed by atoms with Gasteiger partial charge in [0.15, 0.2) is 0 Å². The topological polar surface area (TPSA) is 70.7 Å². The van der Waals surface area contributed by atoms with Crippen LogP contribution in [-0.4, -0.2) is 37.0 Å². The molecule has 1 saturated heterocycles. The Kier molecular flexibility index (Phi) is 6.53. The quantitative estimate of drug-likeness (QED) is 0.832. The number of likely N-dealkylation sites (tertiary alicyclic amines) is 1. The first-order chi connectivity index (χ1) is 13.6. The van der Waals surface area contributed by atoms with Gasteiger partial charge in [0.25, 0.3) is 0 Å². The number of ether oxygens (including phenoxy) is 1. The minimum atomic E-state index is -0.114. The maximum atomic E-state index is 12.5. The van der Waals surface area contributed by atoms with Crippen LogP contribution in [-0.2, 0) is 11.3 Å². The largest absolute Gasteiger partial charge is 0.496 e. The van der Waals surface area contributed by atoms with Crippen LogP contribution in [0.3, 0.4) is 0 Å². The smallest absolute Gasteiger partial charge is 0.321 e. The van der Waals surface area contributed by atoms with Gasteiger partial charge in [-0.15, -0.1) is 0 Å². The molecule has 6 heteroatoms. The number of benzene rings is 2. The molecule has 0 aliphatic carbocycles. The van der Waals surface area contributed by atoms with Gasteiger partial charge in [-0.05, 0) is 49.1 Å². The van der Waals surface area contributed by atoms with Gasteiger partial charge in [0.2, 0.25) is 5.91 Å². The SMILES string of the molecule is COc1cc(CNC(=O)C2CCN(C(=O)Nc3ccccc3)CC2)ccc1C. The van der Waals surface area contributed by atoms with Crippen LogP contribution >= 0.6 is 0 Å². The summed E-state index contributed by atoms with van der Waals surface area (Å²) in [5.74, 6) is 0.806. The number of anilines is 1. The molecule has 3 rings (SSSR count). The lowest BCUT2D eigenvalue weighted by molar-refractivity contribution is -0.126. The highest BCUT2D eigenvalue weighted by Crippen LogP contribution is 2.21. The van der Waals surface area contributed by atoms with Gasteiger partial charge >= 0.3 is 6.03 Å². The molecule has 2 N–H and O–H groups in total. The molecule has 148 valence electrons. The summed E-state index contributed by atoms with van der Waals surface area (Å²) in [7, 11) is 1.65. The van der Waals surface area contributed by atoms with Crippen molar-refractivity contribution in [3.05, 3.63) is 59.7 Å². The van der Waals surface area contributed by atoms with Crippen LogP contribution in [0, 0.1) is 12.8 Å². The third-order valence-corrected chi connectivity index (χ3v) is 5.12. The average Bonchev–Trinajstić information content (AvgIpc) is 2.73. The average molecular weight is 381 g/mol. The number of hydrogen-bond acceptors (Lipinski definition) is 3. The van der Waals surface area contributed by atoms with Crippen LogP contribution in [0.1, 0.15) is 24.0 Å². The Hall–Kier alpha value is -3.02. The number of aryl methyl sites for hydroxylation is 1. The summed E-state index contributed by atoms with van der Waals surface area (Å²) in [6, 6.07) is 15.2. The minimum absolute atomic E-state index is 0.0441. The van der Waals surface area contributed by atoms with E-state index in [0.717, 1.165) is 22.6 Å². The summed E-state index contributed by atoms with van der Waals surface area (Å²) in [4.78, 5) is 26.6. The zero-order valence-electron chi connectivity index (χ0n) is 16.4. The number of para-hydroxylation sites is 1. The van der Waals surface area contributed by atoms with Crippen LogP contribution in [0.25, 0.3) is 0 Å². The van der Waals surface area contributed by atoms with Gasteiger partial charge in [-0.1, -0.05) is 30.3 Å². The summed E-state index contributed by atoms with van der Waals surface area (Å²) in [5.41, 5.74) is 2.86. The van der Waals surface area contributed by atoms with Crippen LogP contribution in [0.2, 0.25) is 0 Å². The van der Waals surface area contributed by atoms with E-state index in [2.05, 4.69) is 10.6 Å². The van der Waals surface area contributed by atoms with E-state index in [9.17, 15) is 9.59 Å². The zero-order valence-corrected chi connectivity index (χ0v) is 16.4. The van der Waals surface area contributed by atoms with Gasteiger partial charge in [0, 0.05) is 31.2 Å². The molecule has 0 bridgehead atoms. The monoisotopic (exact) mass is 381 g/mol. The molecule has 6 nitrogen and oxygen atoms in total. The molecule has 1 aliphatic rings. The van der Waals surface area contributed by atoms with Crippen molar-refractivity contribution in [2.45, 2.75) is 26.3 Å². The second-order valence-corrected chi connectivity index (χ2v) is 7.08. The first kappa shape index (κ1) is 19.7. The Labute approximate surface area is 165 Å². The van der Waals surface area contributed by atoms with Crippen molar-refractivity contribution >= 4 is 17.6 Å². The van der Waals surface area contributed by atoms with Crippen LogP contribution in [0.15, 0.2) is 48.5 Å². The zero-order chi connectivity index (χ0) is 19.9. The summed E-state index contributed by atoms with van der Waals surface area (Å²) >= 11 is 0. The van der Waals surface area contributed by atoms with E-state index in [-0.39, 0.29) is 17.9 Å². The highest BCUT2D eigenvalue weighted by molar-refractivity contribution is 5.89. The summed E-state index contributed by atoms with van der Waals surface area (Å²) in [6.45, 7) is 3.62. The molecule has 0 atom stereocenters. The second kappa shape index (κ2) is 9.26. The van der Waals surface area contributed by atoms with Crippen molar-refractivity contribution in [3.8, 4) is 5.75 Å². The number of amides is 3. The van der Waals surface area contributed by atoms with Crippen LogP contribution < -0.4 is 15.4 Å². The molecular weight excluding hydrogens is 354 g/mol. The fourth-order valence-electron chi connectivity index (χ4n) is 3.38. The number of piperidine rings is 1. The Morgan fingerprint density at radius 2 is 1.82 bits per heavy atom. The van der Waals surface area contributed by atoms with E-state index in [1.807, 2.05) is 55.5 Å². The normalized spacial score (nSPS) is 14.4. The molecule has 28 heavy (non-hydrogen) atoms. The van der Waals surface area contributed by atoms with Gasteiger partial charge in [-0.3, -0.25) is 4.79 Å². The lowest BCUT2D eigenvalue weighted by Crippen LogP contribution is -2.44. The number of hydrogen-bond donors (Lipinski definition) is 2. The van der Waals surface area contributed by atoms with Crippen LogP contribution in [0.5, 0.6) is 5.75 Å². The van der Waals surface area contributed by atoms with Gasteiger partial charge in [-0.2, -0.15) is 0 Å². The third-order valence-electron chi connectivity index (χ3n) is 5.12. The van der Waals surface area contributed by atoms with E-state index in [1.54, 1.807) is 12.0 Å². The molecule has 3 amide bonds. The Morgan fingerprint density at radius 1 is 1.11 bits per heavy atom. The molecule has 2 aromatic carbocycles. The van der Waals surface area contributed by atoms with E-state index < -0.39 is 0 Å². The summed E-state index contributed by atoms with van der Waals surface area (Å²) in [5, 5.41) is 5.90. The van der Waals surface area contributed by atoms with E-state index >= 15 is 0 Å². The molecule has 0 unspecified atom stereocenters. The molecule has 0 radical (unpaired) electrons. The predicted octanol–water partition coefficient (Wildman–Crippen LogP) is 3.56. The van der Waals surface area contributed by atoms with E-state index in [4.69, 9.17) is 4.74 Å². The lowest BCUT2D eigenvalue weighted by Gasteiger charge is -2.31. The fraction of sp³-hybridized carbons (Fsp3) is 0.364. The third kappa shape index (κ3) is 5.03. The molecule has 0 saturated carbocycles. The fourth-order valence-corrected chi connectivity index (χ4v) is 3.38. The standard InChI is InChI=1S/C22H27N3O3/c1-16-8-9-17(14-20(16)28-2)15-23-21(26)18-10-12-25(13-11-18)22(27)24-19-6-4-3-5-7-19/h3-9,14,18H,10-13,15H2,1-2H3,(H,23,26)(H,24,27). The molecule has 0 aromatic heterocycles. The number of rotatable bonds is 5. The molecule has 1 fully saturated rings. The number of methoxy groups -OCH3 is 1. The van der Waals surface area contributed by atoms with Crippen LogP contribution in [0.4, 0.5) is 10.5 Å². The number of nitrogens with zero attached hydrogens (tertiary/aromatic N) is 1. The molecule has 1 aliphatic heterocycles. The minimum Gasteiger partial charge on any atom is -0.496 e. The summed E-state index contributed by atoms with van der Waals surface area (Å²) < 4.78 is 5.33. The Bertz CT molecular complexity index is 815. The number of urea groups is 1. The lowest BCUT2D eigenvalue weighted by atomic mass is 9.96. The second-order valence-electron chi connectivity index (χ2n) is 7.08. The number of nitrogens with one attached hydrogen (secondary N) is 2. The molecule has 1 heterocycles. The van der Waals surface area contributed by atoms with Crippen molar-refractivity contribution in [1.29, 1.82) is 0 Å². The first-order valence-corrected chi connectivity index (χ1v) is 9.59. The van der Waals surface area contributed by atoms with Gasteiger partial charge < -0.3 is 20.3 Å². The van der Waals surface area contributed by atoms with Crippen molar-refractivity contribution in [2.75, 3.05) is 25.5 Å². The maximum absolute atomic E-state index is 12.5. The highest BCUT2D eigenvalue weighted by Gasteiger charge is 2.27. The van der Waals surface area contributed by atoms with E-state index in [0.29, 0.717) is 32.5 Å². The highest BCUT2D eigenvalue weighted by atomic mass is 16.5. The van der Waals surface area contributed by atoms with Crippen molar-refractivity contribution in [3.63, 3.8) is 0 Å². The number of carbonyl (C=O) groups is 2. The predicted molar refractivity (Wildman–Crippen MR) is 109 cm³/mol. The van der Waals surface area contributed by atoms with Gasteiger partial charge in [0.05, 0.1) is 7.11 Å². The Balaban J connectivity index is 1.45. The Morgan fingerprint density at radius 3 is 2.50 bits per heavy atom. The molecule has 2 aromatic rings. The van der Waals surface area contributed by atoms with Crippen molar-refractivity contribution < 1.29 is 14.3 Å². The van der Waals surface area contributed by atoms with Gasteiger partial charge in [-0.25, -0.2) is 4.79 Å². The number of carbonyl (C=O) groups excluding carboxylic acids is 2.